The van der Waals surface area contributed by atoms with E-state index in [-0.39, 0.29) is 10.9 Å². The van der Waals surface area contributed by atoms with Crippen molar-refractivity contribution < 1.29 is 13.2 Å². The summed E-state index contributed by atoms with van der Waals surface area (Å²) in [6.07, 6.45) is -0.380. The van der Waals surface area contributed by atoms with Crippen LogP contribution in [0.2, 0.25) is 0 Å². The average molecular weight is 311 g/mol. The van der Waals surface area contributed by atoms with Crippen LogP contribution in [0.25, 0.3) is 10.9 Å². The van der Waals surface area contributed by atoms with Crippen LogP contribution in [0.5, 0.6) is 0 Å². The SMILES string of the molecule is CC1(C)CCc2[nH]c3c(C(F)(F)F)cccc3c2C1.CCC. The lowest BCUT2D eigenvalue weighted by atomic mass is 9.76. The predicted molar refractivity (Wildman–Crippen MR) is 85.1 cm³/mol. The van der Waals surface area contributed by atoms with Crippen LogP contribution in [0.4, 0.5) is 13.2 Å². The van der Waals surface area contributed by atoms with Crippen LogP contribution in [0, 0.1) is 5.41 Å². The molecule has 0 unspecified atom stereocenters. The zero-order chi connectivity index (χ0) is 16.5. The molecule has 4 heteroatoms. The van der Waals surface area contributed by atoms with E-state index in [1.54, 1.807) is 6.07 Å². The molecule has 1 aromatic heterocycles. The van der Waals surface area contributed by atoms with E-state index in [1.165, 1.54) is 12.5 Å². The van der Waals surface area contributed by atoms with Gasteiger partial charge in [-0.25, -0.2) is 0 Å². The summed E-state index contributed by atoms with van der Waals surface area (Å²) in [5, 5.41) is 0.734. The number of hydrogen-bond donors (Lipinski definition) is 1. The number of nitrogens with one attached hydrogen (secondary N) is 1. The van der Waals surface area contributed by atoms with Crippen LogP contribution in [0.1, 0.15) is 57.4 Å². The number of hydrogen-bond acceptors (Lipinski definition) is 0. The molecule has 2 aromatic rings. The molecule has 1 aliphatic rings. The van der Waals surface area contributed by atoms with E-state index >= 15 is 0 Å². The van der Waals surface area contributed by atoms with Gasteiger partial charge in [0.25, 0.3) is 0 Å². The maximum absolute atomic E-state index is 13.0. The van der Waals surface area contributed by atoms with E-state index < -0.39 is 11.7 Å². The summed E-state index contributed by atoms with van der Waals surface area (Å²) in [4.78, 5) is 3.01. The highest BCUT2D eigenvalue weighted by atomic mass is 19.4. The fourth-order valence-corrected chi connectivity index (χ4v) is 3.01. The van der Waals surface area contributed by atoms with E-state index in [2.05, 4.69) is 32.7 Å². The standard InChI is InChI=1S/C15H16F3N.C3H8/c1-14(2)7-6-12-10(8-14)9-4-3-5-11(13(9)19-12)15(16,17)18;1-3-2/h3-5,19H,6-8H2,1-2H3;3H2,1-2H3. The number of para-hydroxylation sites is 1. The van der Waals surface area contributed by atoms with Gasteiger partial charge in [0.2, 0.25) is 0 Å². The van der Waals surface area contributed by atoms with E-state index in [0.29, 0.717) is 0 Å². The van der Waals surface area contributed by atoms with Gasteiger partial charge in [0.1, 0.15) is 0 Å². The first kappa shape index (κ1) is 16.9. The van der Waals surface area contributed by atoms with Gasteiger partial charge in [-0.1, -0.05) is 46.2 Å². The van der Waals surface area contributed by atoms with E-state index in [0.717, 1.165) is 42.0 Å². The Morgan fingerprint density at radius 2 is 1.82 bits per heavy atom. The Kier molecular flexibility index (Phi) is 4.59. The van der Waals surface area contributed by atoms with Crippen LogP contribution in [-0.2, 0) is 19.0 Å². The van der Waals surface area contributed by atoms with Gasteiger partial charge in [-0.05, 0) is 36.3 Å². The van der Waals surface area contributed by atoms with E-state index in [1.807, 2.05) is 0 Å². The van der Waals surface area contributed by atoms with E-state index in [9.17, 15) is 13.2 Å². The first-order valence-electron chi connectivity index (χ1n) is 7.89. The highest BCUT2D eigenvalue weighted by molar-refractivity contribution is 5.88. The number of H-pyrrole nitrogens is 1. The molecule has 0 spiro atoms. The molecule has 1 heterocycles. The first-order chi connectivity index (χ1) is 10.2. The van der Waals surface area contributed by atoms with Crippen LogP contribution < -0.4 is 0 Å². The van der Waals surface area contributed by atoms with Gasteiger partial charge in [-0.3, -0.25) is 0 Å². The Morgan fingerprint density at radius 3 is 2.41 bits per heavy atom. The number of rotatable bonds is 0. The summed E-state index contributed by atoms with van der Waals surface area (Å²) in [5.41, 5.74) is 1.90. The van der Waals surface area contributed by atoms with Crippen molar-refractivity contribution in [1.82, 2.24) is 4.98 Å². The van der Waals surface area contributed by atoms with Crippen LogP contribution >= 0.6 is 0 Å². The fourth-order valence-electron chi connectivity index (χ4n) is 3.01. The molecule has 0 aliphatic heterocycles. The number of halogens is 3. The Labute approximate surface area is 129 Å². The molecular weight excluding hydrogens is 287 g/mol. The number of benzene rings is 1. The van der Waals surface area contributed by atoms with Crippen molar-refractivity contribution in [3.63, 3.8) is 0 Å². The molecule has 0 saturated heterocycles. The quantitative estimate of drug-likeness (QED) is 0.603. The summed E-state index contributed by atoms with van der Waals surface area (Å²) in [5.74, 6) is 0. The van der Waals surface area contributed by atoms with Gasteiger partial charge >= 0.3 is 6.18 Å². The molecule has 3 rings (SSSR count). The van der Waals surface area contributed by atoms with Crippen molar-refractivity contribution in [2.75, 3.05) is 0 Å². The lowest BCUT2D eigenvalue weighted by Crippen LogP contribution is -2.21. The van der Waals surface area contributed by atoms with Gasteiger partial charge < -0.3 is 4.98 Å². The van der Waals surface area contributed by atoms with Crippen molar-refractivity contribution in [3.8, 4) is 0 Å². The molecule has 1 N–H and O–H groups in total. The largest absolute Gasteiger partial charge is 0.418 e. The maximum atomic E-state index is 13.0. The van der Waals surface area contributed by atoms with Gasteiger partial charge in [-0.2, -0.15) is 13.2 Å². The molecule has 0 saturated carbocycles. The molecule has 0 bridgehead atoms. The van der Waals surface area contributed by atoms with Gasteiger partial charge in [0.15, 0.2) is 0 Å². The highest BCUT2D eigenvalue weighted by Gasteiger charge is 2.35. The molecule has 0 fully saturated rings. The first-order valence-corrected chi connectivity index (χ1v) is 7.89. The summed E-state index contributed by atoms with van der Waals surface area (Å²) in [6, 6.07) is 4.44. The lowest BCUT2D eigenvalue weighted by molar-refractivity contribution is -0.136. The van der Waals surface area contributed by atoms with Crippen molar-refractivity contribution in [1.29, 1.82) is 0 Å². The van der Waals surface area contributed by atoms with Crippen molar-refractivity contribution in [2.45, 2.75) is 59.6 Å². The minimum Gasteiger partial charge on any atom is -0.358 e. The second kappa shape index (κ2) is 5.98. The number of aromatic nitrogens is 1. The molecule has 0 atom stereocenters. The normalized spacial score (nSPS) is 16.9. The number of fused-ring (bicyclic) bond motifs is 3. The number of alkyl halides is 3. The third-order valence-corrected chi connectivity index (χ3v) is 4.04. The monoisotopic (exact) mass is 311 g/mol. The Hall–Kier alpha value is -1.45. The van der Waals surface area contributed by atoms with Crippen LogP contribution in [0.15, 0.2) is 18.2 Å². The Balaban J connectivity index is 0.000000545. The minimum atomic E-state index is -4.30. The second-order valence-corrected chi connectivity index (χ2v) is 6.86. The maximum Gasteiger partial charge on any atom is 0.418 e. The summed E-state index contributed by atoms with van der Waals surface area (Å²) in [6.45, 7) is 8.59. The molecule has 1 aromatic carbocycles. The molecule has 0 radical (unpaired) electrons. The zero-order valence-electron chi connectivity index (χ0n) is 13.7. The number of aryl methyl sites for hydroxylation is 1. The third-order valence-electron chi connectivity index (χ3n) is 4.04. The van der Waals surface area contributed by atoms with Crippen molar-refractivity contribution in [2.24, 2.45) is 5.41 Å². The van der Waals surface area contributed by atoms with Crippen LogP contribution in [-0.4, -0.2) is 4.98 Å². The summed E-state index contributed by atoms with van der Waals surface area (Å²) < 4.78 is 39.0. The predicted octanol–water partition coefficient (Wildman–Crippen LogP) is 6.12. The van der Waals surface area contributed by atoms with Gasteiger partial charge in [0, 0.05) is 11.1 Å². The Morgan fingerprint density at radius 1 is 1.18 bits per heavy atom. The minimum absolute atomic E-state index is 0.163. The van der Waals surface area contributed by atoms with Gasteiger partial charge in [-0.15, -0.1) is 0 Å². The summed E-state index contributed by atoms with van der Waals surface area (Å²) in [7, 11) is 0. The molecule has 22 heavy (non-hydrogen) atoms. The third kappa shape index (κ3) is 3.31. The second-order valence-electron chi connectivity index (χ2n) is 6.86. The lowest BCUT2D eigenvalue weighted by Gasteiger charge is -2.29. The summed E-state index contributed by atoms with van der Waals surface area (Å²) >= 11 is 0. The van der Waals surface area contributed by atoms with Crippen molar-refractivity contribution >= 4 is 10.9 Å². The van der Waals surface area contributed by atoms with Crippen LogP contribution in [0.3, 0.4) is 0 Å². The smallest absolute Gasteiger partial charge is 0.358 e. The molecular formula is C18H24F3N. The highest BCUT2D eigenvalue weighted by Crippen LogP contribution is 2.41. The average Bonchev–Trinajstić information content (AvgIpc) is 2.75. The van der Waals surface area contributed by atoms with Crippen molar-refractivity contribution in [3.05, 3.63) is 35.0 Å². The van der Waals surface area contributed by atoms with E-state index in [4.69, 9.17) is 0 Å². The molecule has 1 nitrogen and oxygen atoms in total. The fraction of sp³-hybridized carbons (Fsp3) is 0.556. The zero-order valence-corrected chi connectivity index (χ0v) is 13.7. The molecule has 122 valence electrons. The van der Waals surface area contributed by atoms with Gasteiger partial charge in [0.05, 0.1) is 11.1 Å². The molecule has 0 amide bonds. The Bertz CT molecular complexity index is 650. The number of aromatic amines is 1. The molecule has 1 aliphatic carbocycles. The topological polar surface area (TPSA) is 15.8 Å².